The van der Waals surface area contributed by atoms with Crippen molar-refractivity contribution in [2.24, 2.45) is 0 Å². The smallest absolute Gasteiger partial charge is 0.306 e. The summed E-state index contributed by atoms with van der Waals surface area (Å²) >= 11 is 0. The molecule has 0 rings (SSSR count). The molecule has 0 bridgehead atoms. The van der Waals surface area contributed by atoms with Gasteiger partial charge in [-0.05, 0) is 118 Å². The fraction of sp³-hybridized carbons (Fsp3) is 0.605. The number of carbonyl (C=O) groups excluding carboxylic acids is 1. The highest BCUT2D eigenvalue weighted by molar-refractivity contribution is 5.69. The molecule has 2 nitrogen and oxygen atoms in total. The molecule has 0 radical (unpaired) electrons. The number of unbranched alkanes of at least 4 members (excludes halogenated alkanes) is 5. The molecule has 0 aliphatic heterocycles. The van der Waals surface area contributed by atoms with Gasteiger partial charge in [0.15, 0.2) is 0 Å². The lowest BCUT2D eigenvalue weighted by Crippen LogP contribution is -2.04. The summed E-state index contributed by atoms with van der Waals surface area (Å²) in [5.74, 6) is -0.0647. The van der Waals surface area contributed by atoms with E-state index in [1.54, 1.807) is 0 Å². The molecule has 0 aromatic rings. The minimum atomic E-state index is -0.0647. The molecule has 0 saturated heterocycles. The maximum atomic E-state index is 12.0. The molecule has 40 heavy (non-hydrogen) atoms. The van der Waals surface area contributed by atoms with Crippen molar-refractivity contribution < 1.29 is 9.53 Å². The van der Waals surface area contributed by atoms with Gasteiger partial charge in [0.1, 0.15) is 6.61 Å². The first kappa shape index (κ1) is 37.6. The molecular formula is C38H62O2. The van der Waals surface area contributed by atoms with Gasteiger partial charge in [-0.1, -0.05) is 103 Å². The number of esters is 1. The maximum absolute atomic E-state index is 12.0. The van der Waals surface area contributed by atoms with Gasteiger partial charge in [0.05, 0.1) is 0 Å². The third-order valence-electron chi connectivity index (χ3n) is 6.86. The second-order valence-electron chi connectivity index (χ2n) is 11.3. The van der Waals surface area contributed by atoms with E-state index in [1.165, 1.54) is 41.6 Å². The summed E-state index contributed by atoms with van der Waals surface area (Å²) < 4.78 is 5.42. The van der Waals surface area contributed by atoms with Gasteiger partial charge >= 0.3 is 5.97 Å². The van der Waals surface area contributed by atoms with E-state index < -0.39 is 0 Å². The Bertz CT molecular complexity index is 841. The van der Waals surface area contributed by atoms with E-state index in [-0.39, 0.29) is 5.97 Å². The predicted octanol–water partition coefficient (Wildman–Crippen LogP) is 12.3. The highest BCUT2D eigenvalue weighted by Crippen LogP contribution is 2.14. The Morgan fingerprint density at radius 1 is 0.525 bits per heavy atom. The second kappa shape index (κ2) is 28.2. The van der Waals surface area contributed by atoms with Gasteiger partial charge in [-0.2, -0.15) is 0 Å². The van der Waals surface area contributed by atoms with Crippen LogP contribution in [0.1, 0.15) is 144 Å². The summed E-state index contributed by atoms with van der Waals surface area (Å²) in [6.45, 7) is 13.5. The molecule has 0 saturated carbocycles. The molecule has 0 atom stereocenters. The molecule has 0 aromatic carbocycles. The van der Waals surface area contributed by atoms with E-state index >= 15 is 0 Å². The third kappa shape index (κ3) is 28.7. The fourth-order valence-corrected chi connectivity index (χ4v) is 4.22. The Hall–Kier alpha value is -2.35. The first-order chi connectivity index (χ1) is 19.3. The van der Waals surface area contributed by atoms with Gasteiger partial charge in [-0.25, -0.2) is 0 Å². The summed E-state index contributed by atoms with van der Waals surface area (Å²) in [4.78, 5) is 12.0. The highest BCUT2D eigenvalue weighted by Gasteiger charge is 2.02. The fourth-order valence-electron chi connectivity index (χ4n) is 4.22. The van der Waals surface area contributed by atoms with Gasteiger partial charge in [-0.15, -0.1) is 0 Å². The van der Waals surface area contributed by atoms with Crippen LogP contribution in [-0.4, -0.2) is 12.6 Å². The lowest BCUT2D eigenvalue weighted by atomic mass is 10.0. The summed E-state index contributed by atoms with van der Waals surface area (Å²) in [6, 6.07) is 0. The molecule has 0 spiro atoms. The van der Waals surface area contributed by atoms with Crippen molar-refractivity contribution in [1.29, 1.82) is 0 Å². The van der Waals surface area contributed by atoms with E-state index in [9.17, 15) is 4.79 Å². The number of rotatable bonds is 24. The van der Waals surface area contributed by atoms with Crippen LogP contribution in [0.15, 0.2) is 83.1 Å². The average Bonchev–Trinajstić information content (AvgIpc) is 2.90. The highest BCUT2D eigenvalue weighted by atomic mass is 16.5. The molecule has 0 amide bonds. The Morgan fingerprint density at radius 2 is 1.02 bits per heavy atom. The minimum absolute atomic E-state index is 0.0647. The molecular weight excluding hydrogens is 488 g/mol. The van der Waals surface area contributed by atoms with Crippen LogP contribution in [-0.2, 0) is 9.53 Å². The topological polar surface area (TPSA) is 26.3 Å². The Kier molecular flexibility index (Phi) is 26.5. The molecule has 0 aromatic heterocycles. The predicted molar refractivity (Wildman–Crippen MR) is 179 cm³/mol. The van der Waals surface area contributed by atoms with Crippen LogP contribution >= 0.6 is 0 Å². The van der Waals surface area contributed by atoms with Crippen LogP contribution in [0.2, 0.25) is 0 Å². The monoisotopic (exact) mass is 550 g/mol. The van der Waals surface area contributed by atoms with Crippen molar-refractivity contribution in [3.63, 3.8) is 0 Å². The Labute approximate surface area is 249 Å². The first-order valence-electron chi connectivity index (χ1n) is 16.1. The van der Waals surface area contributed by atoms with Crippen molar-refractivity contribution in [1.82, 2.24) is 0 Å². The average molecular weight is 551 g/mol. The van der Waals surface area contributed by atoms with Crippen LogP contribution in [0.4, 0.5) is 0 Å². The summed E-state index contributed by atoms with van der Waals surface area (Å²) in [5.41, 5.74) is 5.65. The molecule has 0 N–H and O–H groups in total. The van der Waals surface area contributed by atoms with Crippen molar-refractivity contribution in [2.75, 3.05) is 6.61 Å². The number of allylic oxidation sites excluding steroid dienone is 13. The summed E-state index contributed by atoms with van der Waals surface area (Å²) in [6.07, 6.45) is 39.8. The van der Waals surface area contributed by atoms with Crippen molar-refractivity contribution in [3.8, 4) is 0 Å². The zero-order valence-electron chi connectivity index (χ0n) is 27.1. The van der Waals surface area contributed by atoms with E-state index in [0.717, 1.165) is 77.0 Å². The van der Waals surface area contributed by atoms with Crippen molar-refractivity contribution >= 4 is 5.97 Å². The van der Waals surface area contributed by atoms with Crippen LogP contribution in [0.3, 0.4) is 0 Å². The largest absolute Gasteiger partial charge is 0.461 e. The molecule has 0 fully saturated rings. The summed E-state index contributed by atoms with van der Waals surface area (Å²) in [7, 11) is 0. The molecule has 0 aliphatic carbocycles. The zero-order valence-corrected chi connectivity index (χ0v) is 27.1. The first-order valence-corrected chi connectivity index (χ1v) is 16.1. The van der Waals surface area contributed by atoms with Crippen molar-refractivity contribution in [3.05, 3.63) is 83.1 Å². The Balaban J connectivity index is 3.77. The molecule has 226 valence electrons. The number of hydrogen-bond acceptors (Lipinski definition) is 2. The van der Waals surface area contributed by atoms with Crippen LogP contribution in [0, 0.1) is 0 Å². The number of hydrogen-bond donors (Lipinski definition) is 0. The SMILES string of the molecule is CC/C=C\C/C=C\C/C=C\CCCCCCCC(=O)OC/C=C(\C)CC/C=C(\C)CC/C=C(\C)CCC=C(C)C. The minimum Gasteiger partial charge on any atom is -0.461 e. The molecule has 0 heterocycles. The van der Waals surface area contributed by atoms with Crippen LogP contribution < -0.4 is 0 Å². The lowest BCUT2D eigenvalue weighted by molar-refractivity contribution is -0.142. The molecule has 0 aliphatic rings. The normalized spacial score (nSPS) is 13.2. The lowest BCUT2D eigenvalue weighted by Gasteiger charge is -2.04. The van der Waals surface area contributed by atoms with Gasteiger partial charge in [0.2, 0.25) is 0 Å². The third-order valence-corrected chi connectivity index (χ3v) is 6.86. The van der Waals surface area contributed by atoms with E-state index in [1.807, 2.05) is 0 Å². The zero-order chi connectivity index (χ0) is 29.7. The van der Waals surface area contributed by atoms with Gasteiger partial charge in [-0.3, -0.25) is 4.79 Å². The van der Waals surface area contributed by atoms with E-state index in [0.29, 0.717) is 13.0 Å². The van der Waals surface area contributed by atoms with E-state index in [4.69, 9.17) is 4.74 Å². The van der Waals surface area contributed by atoms with Gasteiger partial charge < -0.3 is 4.74 Å². The number of ether oxygens (including phenoxy) is 1. The number of carbonyl (C=O) groups is 1. The van der Waals surface area contributed by atoms with Crippen LogP contribution in [0.5, 0.6) is 0 Å². The molecule has 0 unspecified atom stereocenters. The van der Waals surface area contributed by atoms with E-state index in [2.05, 4.69) is 102 Å². The van der Waals surface area contributed by atoms with Crippen LogP contribution in [0.25, 0.3) is 0 Å². The van der Waals surface area contributed by atoms with Gasteiger partial charge in [0, 0.05) is 6.42 Å². The Morgan fingerprint density at radius 3 is 1.62 bits per heavy atom. The maximum Gasteiger partial charge on any atom is 0.306 e. The summed E-state index contributed by atoms with van der Waals surface area (Å²) in [5, 5.41) is 0. The standard InChI is InChI=1S/C38H62O2/c1-7-8-9-10-11-12-13-14-15-16-17-18-19-20-21-31-38(39)40-33-32-37(6)30-24-29-36(5)28-23-27-35(4)26-22-25-34(2)3/h8-9,11-12,14-15,25,27,29,32H,7,10,13,16-24,26,28,30-31,33H2,1-6H3/b9-8-,12-11-,15-14-,35-27+,36-29+,37-32+. The van der Waals surface area contributed by atoms with Gasteiger partial charge in [0.25, 0.3) is 0 Å². The molecule has 2 heteroatoms. The second-order valence-corrected chi connectivity index (χ2v) is 11.3. The van der Waals surface area contributed by atoms with Crippen molar-refractivity contribution in [2.45, 2.75) is 144 Å². The quantitative estimate of drug-likeness (QED) is 0.0678.